The van der Waals surface area contributed by atoms with Crippen LogP contribution in [-0.2, 0) is 9.84 Å². The molecule has 16 heavy (non-hydrogen) atoms. The van der Waals surface area contributed by atoms with Gasteiger partial charge < -0.3 is 10.4 Å². The molecule has 0 aromatic heterocycles. The van der Waals surface area contributed by atoms with Crippen LogP contribution >= 0.6 is 0 Å². The summed E-state index contributed by atoms with van der Waals surface area (Å²) < 4.78 is 22.5. The lowest BCUT2D eigenvalue weighted by Crippen LogP contribution is -2.43. The fraction of sp³-hybridized carbons (Fsp3) is 1.00. The largest absolute Gasteiger partial charge is 0.392 e. The van der Waals surface area contributed by atoms with Crippen LogP contribution in [0.1, 0.15) is 32.1 Å². The molecule has 1 unspecified atom stereocenters. The molecular weight excluding hydrogens is 226 g/mol. The van der Waals surface area contributed by atoms with Gasteiger partial charge >= 0.3 is 0 Å². The summed E-state index contributed by atoms with van der Waals surface area (Å²) >= 11 is 0. The smallest absolute Gasteiger partial charge is 0.150 e. The number of rotatable bonds is 4. The van der Waals surface area contributed by atoms with Crippen LogP contribution in [0.3, 0.4) is 0 Å². The van der Waals surface area contributed by atoms with Crippen molar-refractivity contribution in [1.82, 2.24) is 5.32 Å². The summed E-state index contributed by atoms with van der Waals surface area (Å²) in [7, 11) is -2.81. The van der Waals surface area contributed by atoms with Crippen LogP contribution in [0, 0.1) is 5.92 Å². The Kier molecular flexibility index (Phi) is 3.87. The maximum Gasteiger partial charge on any atom is 0.150 e. The molecule has 1 atom stereocenters. The van der Waals surface area contributed by atoms with Gasteiger partial charge in [0.25, 0.3) is 0 Å². The van der Waals surface area contributed by atoms with E-state index in [-0.39, 0.29) is 23.5 Å². The summed E-state index contributed by atoms with van der Waals surface area (Å²) in [5.41, 5.74) is 0. The fourth-order valence-electron chi connectivity index (χ4n) is 2.36. The zero-order valence-electron chi connectivity index (χ0n) is 9.56. The molecule has 2 N–H and O–H groups in total. The van der Waals surface area contributed by atoms with Gasteiger partial charge in [-0.2, -0.15) is 0 Å². The number of nitrogens with one attached hydrogen (secondary N) is 1. The molecule has 1 saturated heterocycles. The number of hydrogen-bond donors (Lipinski definition) is 2. The van der Waals surface area contributed by atoms with Crippen molar-refractivity contribution in [2.45, 2.75) is 44.2 Å². The van der Waals surface area contributed by atoms with Gasteiger partial charge in [-0.25, -0.2) is 8.42 Å². The highest BCUT2D eigenvalue weighted by Crippen LogP contribution is 2.23. The Hall–Kier alpha value is -0.130. The molecule has 2 rings (SSSR count). The molecule has 1 saturated carbocycles. The second-order valence-electron chi connectivity index (χ2n) is 5.09. The van der Waals surface area contributed by atoms with E-state index in [4.69, 9.17) is 0 Å². The number of aliphatic hydroxyl groups is 1. The van der Waals surface area contributed by atoms with E-state index in [1.54, 1.807) is 0 Å². The first kappa shape index (κ1) is 12.3. The normalized spacial score (nSPS) is 28.6. The van der Waals surface area contributed by atoms with Crippen LogP contribution in [0.2, 0.25) is 0 Å². The molecule has 0 radical (unpaired) electrons. The van der Waals surface area contributed by atoms with Gasteiger partial charge in [-0.1, -0.05) is 6.42 Å². The fourth-order valence-corrected chi connectivity index (χ4v) is 3.89. The Morgan fingerprint density at radius 2 is 1.81 bits per heavy atom. The third kappa shape index (κ3) is 3.18. The van der Waals surface area contributed by atoms with Crippen LogP contribution < -0.4 is 5.32 Å². The Morgan fingerprint density at radius 3 is 2.31 bits per heavy atom. The molecular formula is C11H21NO3S. The maximum atomic E-state index is 11.2. The quantitative estimate of drug-likeness (QED) is 0.750. The van der Waals surface area contributed by atoms with Crippen molar-refractivity contribution in [3.05, 3.63) is 0 Å². The number of aliphatic hydroxyl groups excluding tert-OH is 1. The van der Waals surface area contributed by atoms with Crippen molar-refractivity contribution in [3.8, 4) is 0 Å². The summed E-state index contributed by atoms with van der Waals surface area (Å²) in [6.07, 6.45) is 4.58. The zero-order valence-corrected chi connectivity index (χ0v) is 10.4. The minimum absolute atomic E-state index is 0.163. The van der Waals surface area contributed by atoms with Crippen LogP contribution in [0.25, 0.3) is 0 Å². The summed E-state index contributed by atoms with van der Waals surface area (Å²) in [4.78, 5) is 0. The lowest BCUT2D eigenvalue weighted by molar-refractivity contribution is 0.0931. The molecule has 2 fully saturated rings. The predicted molar refractivity (Wildman–Crippen MR) is 63.0 cm³/mol. The first-order valence-electron chi connectivity index (χ1n) is 6.19. The SMILES string of the molecule is O=S1(=O)CCC(C(O)CNC2CCC2)CC1. The highest BCUT2D eigenvalue weighted by molar-refractivity contribution is 7.91. The van der Waals surface area contributed by atoms with E-state index in [9.17, 15) is 13.5 Å². The van der Waals surface area contributed by atoms with Crippen LogP contribution in [0.15, 0.2) is 0 Å². The first-order valence-corrected chi connectivity index (χ1v) is 8.01. The molecule has 0 spiro atoms. The van der Waals surface area contributed by atoms with E-state index in [1.165, 1.54) is 19.3 Å². The van der Waals surface area contributed by atoms with E-state index >= 15 is 0 Å². The van der Waals surface area contributed by atoms with Crippen molar-refractivity contribution in [3.63, 3.8) is 0 Å². The summed E-state index contributed by atoms with van der Waals surface area (Å²) in [5.74, 6) is 0.659. The zero-order chi connectivity index (χ0) is 11.6. The molecule has 0 aromatic rings. The van der Waals surface area contributed by atoms with Crippen LogP contribution in [0.4, 0.5) is 0 Å². The van der Waals surface area contributed by atoms with Gasteiger partial charge in [-0.05, 0) is 31.6 Å². The van der Waals surface area contributed by atoms with E-state index in [0.29, 0.717) is 25.4 Å². The van der Waals surface area contributed by atoms with Crippen molar-refractivity contribution in [2.75, 3.05) is 18.1 Å². The number of hydrogen-bond acceptors (Lipinski definition) is 4. The van der Waals surface area contributed by atoms with Gasteiger partial charge in [0.15, 0.2) is 0 Å². The van der Waals surface area contributed by atoms with Gasteiger partial charge in [0, 0.05) is 12.6 Å². The maximum absolute atomic E-state index is 11.2. The van der Waals surface area contributed by atoms with Crippen molar-refractivity contribution in [1.29, 1.82) is 0 Å². The van der Waals surface area contributed by atoms with Crippen molar-refractivity contribution in [2.24, 2.45) is 5.92 Å². The highest BCUT2D eigenvalue weighted by atomic mass is 32.2. The third-order valence-electron chi connectivity index (χ3n) is 3.86. The number of sulfone groups is 1. The van der Waals surface area contributed by atoms with E-state index < -0.39 is 9.84 Å². The van der Waals surface area contributed by atoms with Gasteiger partial charge in [0.2, 0.25) is 0 Å². The molecule has 2 aliphatic rings. The molecule has 0 aromatic carbocycles. The minimum atomic E-state index is -2.81. The monoisotopic (exact) mass is 247 g/mol. The van der Waals surface area contributed by atoms with Gasteiger partial charge in [-0.15, -0.1) is 0 Å². The average Bonchev–Trinajstić information content (AvgIpc) is 2.15. The van der Waals surface area contributed by atoms with Crippen molar-refractivity contribution < 1.29 is 13.5 Å². The summed E-state index contributed by atoms with van der Waals surface area (Å²) in [6, 6.07) is 0.585. The highest BCUT2D eigenvalue weighted by Gasteiger charge is 2.29. The molecule has 1 aliphatic carbocycles. The molecule has 0 amide bonds. The molecule has 4 nitrogen and oxygen atoms in total. The second kappa shape index (κ2) is 5.02. The Balaban J connectivity index is 1.70. The Morgan fingerprint density at radius 1 is 1.19 bits per heavy atom. The van der Waals surface area contributed by atoms with Crippen LogP contribution in [0.5, 0.6) is 0 Å². The Bertz CT molecular complexity index is 310. The predicted octanol–water partition coefficient (Wildman–Crippen LogP) is 0.314. The average molecular weight is 247 g/mol. The van der Waals surface area contributed by atoms with Crippen molar-refractivity contribution >= 4 is 9.84 Å². The summed E-state index contributed by atoms with van der Waals surface area (Å²) in [6.45, 7) is 0.620. The third-order valence-corrected chi connectivity index (χ3v) is 5.58. The Labute approximate surface area is 97.3 Å². The molecule has 5 heteroatoms. The van der Waals surface area contributed by atoms with E-state index in [1.807, 2.05) is 0 Å². The lowest BCUT2D eigenvalue weighted by Gasteiger charge is -2.31. The van der Waals surface area contributed by atoms with E-state index in [0.717, 1.165) is 0 Å². The lowest BCUT2D eigenvalue weighted by atomic mass is 9.91. The van der Waals surface area contributed by atoms with Gasteiger partial charge in [-0.3, -0.25) is 0 Å². The minimum Gasteiger partial charge on any atom is -0.392 e. The molecule has 1 aliphatic heterocycles. The van der Waals surface area contributed by atoms with E-state index in [2.05, 4.69) is 5.32 Å². The molecule has 0 bridgehead atoms. The van der Waals surface area contributed by atoms with Crippen LogP contribution in [-0.4, -0.2) is 43.7 Å². The standard InChI is InChI=1S/C11H21NO3S/c13-11(8-12-10-2-1-3-10)9-4-6-16(14,15)7-5-9/h9-13H,1-8H2. The molecule has 94 valence electrons. The first-order chi connectivity index (χ1) is 7.57. The van der Waals surface area contributed by atoms with Gasteiger partial charge in [0.1, 0.15) is 9.84 Å². The van der Waals surface area contributed by atoms with Gasteiger partial charge in [0.05, 0.1) is 17.6 Å². The second-order valence-corrected chi connectivity index (χ2v) is 7.40. The molecule has 1 heterocycles. The summed E-state index contributed by atoms with van der Waals surface area (Å²) in [5, 5.41) is 13.3. The topological polar surface area (TPSA) is 66.4 Å².